The van der Waals surface area contributed by atoms with Crippen molar-refractivity contribution >= 4 is 48.9 Å². The van der Waals surface area contributed by atoms with E-state index in [9.17, 15) is 13.2 Å². The lowest BCUT2D eigenvalue weighted by atomic mass is 10.2. The first kappa shape index (κ1) is 16.2. The normalized spacial score (nSPS) is 11.4. The molecule has 0 atom stereocenters. The van der Waals surface area contributed by atoms with Crippen LogP contribution in [0.3, 0.4) is 0 Å². The standard InChI is InChI=1S/C13H13BrN2O3S2/c1-8-3-4-10(6-11(8)21(18,19)15-2)16-13(17)9-5-12(14)20-7-9/h3-7,15H,1-2H3,(H,16,17). The zero-order valence-electron chi connectivity index (χ0n) is 11.3. The highest BCUT2D eigenvalue weighted by Crippen LogP contribution is 2.23. The molecule has 0 unspecified atom stereocenters. The van der Waals surface area contributed by atoms with Crippen LogP contribution in [0.25, 0.3) is 0 Å². The van der Waals surface area contributed by atoms with E-state index < -0.39 is 10.0 Å². The van der Waals surface area contributed by atoms with Gasteiger partial charge in [0.2, 0.25) is 10.0 Å². The highest BCUT2D eigenvalue weighted by Gasteiger charge is 2.16. The van der Waals surface area contributed by atoms with E-state index in [0.29, 0.717) is 16.8 Å². The molecule has 0 aliphatic carbocycles. The number of anilines is 1. The summed E-state index contributed by atoms with van der Waals surface area (Å²) in [4.78, 5) is 12.2. The molecule has 21 heavy (non-hydrogen) atoms. The Balaban J connectivity index is 2.30. The monoisotopic (exact) mass is 388 g/mol. The van der Waals surface area contributed by atoms with Gasteiger partial charge in [-0.15, -0.1) is 11.3 Å². The van der Waals surface area contributed by atoms with Crippen molar-refractivity contribution in [2.45, 2.75) is 11.8 Å². The fourth-order valence-corrected chi connectivity index (χ4v) is 3.84. The lowest BCUT2D eigenvalue weighted by Gasteiger charge is -2.10. The van der Waals surface area contributed by atoms with E-state index in [1.165, 1.54) is 24.5 Å². The van der Waals surface area contributed by atoms with Crippen LogP contribution in [0, 0.1) is 6.92 Å². The summed E-state index contributed by atoms with van der Waals surface area (Å²) in [5.74, 6) is -0.284. The molecule has 2 rings (SSSR count). The molecular formula is C13H13BrN2O3S2. The van der Waals surface area contributed by atoms with Crippen LogP contribution in [0.1, 0.15) is 15.9 Å². The summed E-state index contributed by atoms with van der Waals surface area (Å²) in [6.07, 6.45) is 0. The van der Waals surface area contributed by atoms with E-state index in [-0.39, 0.29) is 10.8 Å². The molecule has 0 aliphatic heterocycles. The maximum Gasteiger partial charge on any atom is 0.256 e. The molecule has 0 saturated carbocycles. The summed E-state index contributed by atoms with van der Waals surface area (Å²) in [5, 5.41) is 4.41. The number of rotatable bonds is 4. The molecule has 5 nitrogen and oxygen atoms in total. The number of carbonyl (C=O) groups is 1. The number of halogens is 1. The highest BCUT2D eigenvalue weighted by atomic mass is 79.9. The van der Waals surface area contributed by atoms with Gasteiger partial charge < -0.3 is 5.32 Å². The van der Waals surface area contributed by atoms with Gasteiger partial charge in [-0.3, -0.25) is 4.79 Å². The Labute approximate surface area is 135 Å². The van der Waals surface area contributed by atoms with Crippen LogP contribution in [-0.2, 0) is 10.0 Å². The fraction of sp³-hybridized carbons (Fsp3) is 0.154. The molecular weight excluding hydrogens is 376 g/mol. The summed E-state index contributed by atoms with van der Waals surface area (Å²) in [7, 11) is -2.20. The lowest BCUT2D eigenvalue weighted by molar-refractivity contribution is 0.102. The number of thiophene rings is 1. The van der Waals surface area contributed by atoms with Gasteiger partial charge in [-0.05, 0) is 53.7 Å². The zero-order chi connectivity index (χ0) is 15.6. The summed E-state index contributed by atoms with van der Waals surface area (Å²) in [6, 6.07) is 6.48. The SMILES string of the molecule is CNS(=O)(=O)c1cc(NC(=O)c2csc(Br)c2)ccc1C. The second-order valence-electron chi connectivity index (χ2n) is 4.28. The molecule has 1 aromatic heterocycles. The summed E-state index contributed by atoms with van der Waals surface area (Å²) in [6.45, 7) is 1.70. The molecule has 0 radical (unpaired) electrons. The van der Waals surface area contributed by atoms with Gasteiger partial charge in [0.15, 0.2) is 0 Å². The second kappa shape index (κ2) is 6.27. The van der Waals surface area contributed by atoms with Gasteiger partial charge in [-0.2, -0.15) is 0 Å². The van der Waals surface area contributed by atoms with Crippen molar-refractivity contribution in [1.82, 2.24) is 4.72 Å². The number of benzene rings is 1. The smallest absolute Gasteiger partial charge is 0.256 e. The number of amides is 1. The minimum atomic E-state index is -3.55. The molecule has 1 aromatic carbocycles. The molecule has 112 valence electrons. The van der Waals surface area contributed by atoms with E-state index >= 15 is 0 Å². The molecule has 0 saturated heterocycles. The van der Waals surface area contributed by atoms with Crippen LogP contribution in [0.2, 0.25) is 0 Å². The minimum absolute atomic E-state index is 0.147. The topological polar surface area (TPSA) is 75.3 Å². The number of sulfonamides is 1. The Morgan fingerprint density at radius 1 is 1.29 bits per heavy atom. The van der Waals surface area contributed by atoms with Crippen molar-refractivity contribution < 1.29 is 13.2 Å². The first-order chi connectivity index (χ1) is 9.83. The van der Waals surface area contributed by atoms with Gasteiger partial charge in [-0.1, -0.05) is 6.07 Å². The van der Waals surface area contributed by atoms with Crippen molar-refractivity contribution in [3.63, 3.8) is 0 Å². The Morgan fingerprint density at radius 2 is 2.00 bits per heavy atom. The summed E-state index contributed by atoms with van der Waals surface area (Å²) >= 11 is 4.70. The molecule has 2 aromatic rings. The van der Waals surface area contributed by atoms with Crippen molar-refractivity contribution in [3.8, 4) is 0 Å². The molecule has 0 aliphatic rings. The average Bonchev–Trinajstić information content (AvgIpc) is 2.87. The van der Waals surface area contributed by atoms with E-state index in [1.54, 1.807) is 30.5 Å². The minimum Gasteiger partial charge on any atom is -0.322 e. The van der Waals surface area contributed by atoms with E-state index in [1.807, 2.05) is 0 Å². The van der Waals surface area contributed by atoms with Crippen molar-refractivity contribution in [1.29, 1.82) is 0 Å². The Kier molecular flexibility index (Phi) is 4.82. The van der Waals surface area contributed by atoms with Gasteiger partial charge in [0.1, 0.15) is 0 Å². The van der Waals surface area contributed by atoms with Gasteiger partial charge in [0, 0.05) is 11.1 Å². The van der Waals surface area contributed by atoms with Crippen LogP contribution in [0.5, 0.6) is 0 Å². The molecule has 1 heterocycles. The molecule has 1 amide bonds. The van der Waals surface area contributed by atoms with Gasteiger partial charge in [0.25, 0.3) is 5.91 Å². The largest absolute Gasteiger partial charge is 0.322 e. The lowest BCUT2D eigenvalue weighted by Crippen LogP contribution is -2.20. The molecule has 0 spiro atoms. The number of hydrogen-bond acceptors (Lipinski definition) is 4. The number of hydrogen-bond donors (Lipinski definition) is 2. The fourth-order valence-electron chi connectivity index (χ4n) is 1.71. The third-order valence-corrected chi connectivity index (χ3v) is 5.89. The van der Waals surface area contributed by atoms with Crippen molar-refractivity contribution in [2.24, 2.45) is 0 Å². The van der Waals surface area contributed by atoms with Crippen LogP contribution < -0.4 is 10.0 Å². The average molecular weight is 389 g/mol. The Hall–Kier alpha value is -1.22. The predicted octanol–water partition coefficient (Wildman–Crippen LogP) is 2.98. The van der Waals surface area contributed by atoms with Crippen LogP contribution >= 0.6 is 27.3 Å². The maximum atomic E-state index is 12.1. The van der Waals surface area contributed by atoms with Crippen LogP contribution in [-0.4, -0.2) is 21.4 Å². The van der Waals surface area contributed by atoms with Crippen LogP contribution in [0.15, 0.2) is 38.3 Å². The predicted molar refractivity (Wildman–Crippen MR) is 87.4 cm³/mol. The first-order valence-corrected chi connectivity index (χ1v) is 9.08. The zero-order valence-corrected chi connectivity index (χ0v) is 14.5. The number of carbonyl (C=O) groups excluding carboxylic acids is 1. The Morgan fingerprint density at radius 3 is 2.57 bits per heavy atom. The van der Waals surface area contributed by atoms with Crippen molar-refractivity contribution in [3.05, 3.63) is 44.6 Å². The van der Waals surface area contributed by atoms with E-state index in [4.69, 9.17) is 0 Å². The van der Waals surface area contributed by atoms with Crippen LogP contribution in [0.4, 0.5) is 5.69 Å². The number of nitrogens with one attached hydrogen (secondary N) is 2. The van der Waals surface area contributed by atoms with E-state index in [0.717, 1.165) is 3.79 Å². The van der Waals surface area contributed by atoms with Crippen molar-refractivity contribution in [2.75, 3.05) is 12.4 Å². The number of aryl methyl sites for hydroxylation is 1. The Bertz CT molecular complexity index is 784. The summed E-state index contributed by atoms with van der Waals surface area (Å²) in [5.41, 5.74) is 1.56. The third-order valence-electron chi connectivity index (χ3n) is 2.83. The molecule has 2 N–H and O–H groups in total. The van der Waals surface area contributed by atoms with Gasteiger partial charge in [0.05, 0.1) is 14.2 Å². The van der Waals surface area contributed by atoms with Gasteiger partial charge in [-0.25, -0.2) is 13.1 Å². The third kappa shape index (κ3) is 3.70. The highest BCUT2D eigenvalue weighted by molar-refractivity contribution is 9.11. The molecule has 0 fully saturated rings. The first-order valence-electron chi connectivity index (χ1n) is 5.93. The molecule has 0 bridgehead atoms. The summed E-state index contributed by atoms with van der Waals surface area (Å²) < 4.78 is 26.9. The maximum absolute atomic E-state index is 12.1. The second-order valence-corrected chi connectivity index (χ2v) is 8.43. The molecule has 8 heteroatoms. The quantitative estimate of drug-likeness (QED) is 0.844. The van der Waals surface area contributed by atoms with Gasteiger partial charge >= 0.3 is 0 Å². The van der Waals surface area contributed by atoms with E-state index in [2.05, 4.69) is 26.0 Å².